The van der Waals surface area contributed by atoms with Gasteiger partial charge in [-0.25, -0.2) is 0 Å². The summed E-state index contributed by atoms with van der Waals surface area (Å²) in [4.78, 5) is 31.6. The highest BCUT2D eigenvalue weighted by Crippen LogP contribution is 2.43. The maximum Gasteiger partial charge on any atom is 0.232 e. The molecule has 35 heavy (non-hydrogen) atoms. The number of carbonyl (C=O) groups excluding carboxylic acids is 2. The van der Waals surface area contributed by atoms with Crippen molar-refractivity contribution in [2.24, 2.45) is 5.92 Å². The number of likely N-dealkylation sites (tertiary alicyclic amines) is 2. The number of hydrogen-bond acceptors (Lipinski definition) is 3. The van der Waals surface area contributed by atoms with E-state index in [-0.39, 0.29) is 35.6 Å². The second-order valence-corrected chi connectivity index (χ2v) is 10.3. The number of amides is 2. The minimum Gasteiger partial charge on any atom is -0.345 e. The highest BCUT2D eigenvalue weighted by molar-refractivity contribution is 5.99. The van der Waals surface area contributed by atoms with Crippen molar-refractivity contribution in [3.05, 3.63) is 71.3 Å². The molecular formula is C29H36ClN3O2. The third kappa shape index (κ3) is 5.17. The Morgan fingerprint density at radius 1 is 1.09 bits per heavy atom. The van der Waals surface area contributed by atoms with Crippen LogP contribution >= 0.6 is 12.4 Å². The Balaban J connectivity index is 0.00000289. The van der Waals surface area contributed by atoms with Gasteiger partial charge in [0.2, 0.25) is 11.8 Å². The number of piperidine rings is 1. The summed E-state index contributed by atoms with van der Waals surface area (Å²) in [6, 6.07) is 17.0. The molecule has 2 amide bonds. The average Bonchev–Trinajstić information content (AvgIpc) is 3.38. The lowest BCUT2D eigenvalue weighted by Crippen LogP contribution is -2.43. The number of allylic oxidation sites excluding steroid dienone is 1. The van der Waals surface area contributed by atoms with Gasteiger partial charge in [0.1, 0.15) is 0 Å². The van der Waals surface area contributed by atoms with Crippen molar-refractivity contribution in [1.29, 1.82) is 0 Å². The van der Waals surface area contributed by atoms with Crippen LogP contribution in [0, 0.1) is 12.8 Å². The zero-order valence-corrected chi connectivity index (χ0v) is 21.6. The first-order valence-electron chi connectivity index (χ1n) is 12.6. The predicted molar refractivity (Wildman–Crippen MR) is 144 cm³/mol. The average molecular weight is 494 g/mol. The molecule has 186 valence electrons. The van der Waals surface area contributed by atoms with Gasteiger partial charge in [-0.3, -0.25) is 9.59 Å². The lowest BCUT2D eigenvalue weighted by molar-refractivity contribution is -0.127. The Morgan fingerprint density at radius 2 is 1.80 bits per heavy atom. The number of hydrogen-bond donors (Lipinski definition) is 0. The molecule has 0 aromatic heterocycles. The van der Waals surface area contributed by atoms with Gasteiger partial charge in [0.05, 0.1) is 5.92 Å². The van der Waals surface area contributed by atoms with Crippen molar-refractivity contribution < 1.29 is 9.59 Å². The topological polar surface area (TPSA) is 43.9 Å². The molecule has 1 aliphatic carbocycles. The lowest BCUT2D eigenvalue weighted by Gasteiger charge is -2.39. The van der Waals surface area contributed by atoms with E-state index in [0.717, 1.165) is 44.6 Å². The number of rotatable bonds is 6. The fourth-order valence-electron chi connectivity index (χ4n) is 5.84. The van der Waals surface area contributed by atoms with Crippen molar-refractivity contribution in [3.63, 3.8) is 0 Å². The standard InChI is InChI=1S/C29H35N3O2.ClH/c1-22-8-10-25(11-9-22)32(28(34)24-20-27(33)30(2)21-24)17-5-16-31-18-14-29(15-19-31)13-12-23-6-3-4-7-26(23)29;/h3-4,6-13,24H,5,14-21H2,1-2H3;1H. The van der Waals surface area contributed by atoms with Crippen molar-refractivity contribution in [1.82, 2.24) is 9.80 Å². The molecule has 6 heteroatoms. The first-order valence-corrected chi connectivity index (χ1v) is 12.6. The van der Waals surface area contributed by atoms with Crippen molar-refractivity contribution in [2.45, 2.75) is 38.0 Å². The smallest absolute Gasteiger partial charge is 0.232 e. The van der Waals surface area contributed by atoms with Crippen LogP contribution < -0.4 is 4.90 Å². The van der Waals surface area contributed by atoms with E-state index in [1.165, 1.54) is 16.7 Å². The Bertz CT molecular complexity index is 1090. The van der Waals surface area contributed by atoms with Crippen LogP contribution in [-0.4, -0.2) is 61.4 Å². The third-order valence-corrected chi connectivity index (χ3v) is 7.99. The summed E-state index contributed by atoms with van der Waals surface area (Å²) in [5.74, 6) is -0.110. The van der Waals surface area contributed by atoms with Crippen LogP contribution in [0.1, 0.15) is 42.4 Å². The number of fused-ring (bicyclic) bond motifs is 2. The van der Waals surface area contributed by atoms with E-state index in [0.29, 0.717) is 19.5 Å². The largest absolute Gasteiger partial charge is 0.345 e. The monoisotopic (exact) mass is 493 g/mol. The minimum atomic E-state index is -0.247. The second kappa shape index (κ2) is 10.5. The van der Waals surface area contributed by atoms with Crippen LogP contribution in [0.5, 0.6) is 0 Å². The molecule has 1 atom stereocenters. The van der Waals surface area contributed by atoms with Gasteiger partial charge in [0.15, 0.2) is 0 Å². The molecule has 0 radical (unpaired) electrons. The van der Waals surface area contributed by atoms with Gasteiger partial charge in [-0.2, -0.15) is 0 Å². The fraction of sp³-hybridized carbons (Fsp3) is 0.448. The molecule has 1 spiro atoms. The molecule has 2 aromatic rings. The van der Waals surface area contributed by atoms with E-state index in [9.17, 15) is 9.59 Å². The summed E-state index contributed by atoms with van der Waals surface area (Å²) in [5.41, 5.74) is 5.18. The SMILES string of the molecule is Cc1ccc(N(CCCN2CCC3(C=Cc4ccccc43)CC2)C(=O)C2CC(=O)N(C)C2)cc1.Cl. The summed E-state index contributed by atoms with van der Waals surface area (Å²) in [6.45, 7) is 6.41. The van der Waals surface area contributed by atoms with Gasteiger partial charge >= 0.3 is 0 Å². The summed E-state index contributed by atoms with van der Waals surface area (Å²) >= 11 is 0. The molecule has 5 nitrogen and oxygen atoms in total. The normalized spacial score (nSPS) is 20.7. The molecule has 3 aliphatic rings. The minimum absolute atomic E-state index is 0. The summed E-state index contributed by atoms with van der Waals surface area (Å²) in [7, 11) is 1.78. The molecule has 0 N–H and O–H groups in total. The van der Waals surface area contributed by atoms with Crippen molar-refractivity contribution in [2.75, 3.05) is 44.7 Å². The van der Waals surface area contributed by atoms with Gasteiger partial charge in [0.25, 0.3) is 0 Å². The molecule has 2 saturated heterocycles. The number of carbonyl (C=O) groups is 2. The molecule has 0 saturated carbocycles. The Labute approximate surface area is 215 Å². The quantitative estimate of drug-likeness (QED) is 0.587. The maximum absolute atomic E-state index is 13.4. The molecule has 2 fully saturated rings. The molecule has 5 rings (SSSR count). The summed E-state index contributed by atoms with van der Waals surface area (Å²) in [6.07, 6.45) is 8.26. The van der Waals surface area contributed by atoms with E-state index in [1.54, 1.807) is 11.9 Å². The molecule has 1 unspecified atom stereocenters. The first-order chi connectivity index (χ1) is 16.4. The predicted octanol–water partition coefficient (Wildman–Crippen LogP) is 4.68. The van der Waals surface area contributed by atoms with E-state index in [1.807, 2.05) is 17.0 Å². The zero-order chi connectivity index (χ0) is 23.7. The maximum atomic E-state index is 13.4. The Kier molecular flexibility index (Phi) is 7.67. The van der Waals surface area contributed by atoms with E-state index < -0.39 is 0 Å². The number of anilines is 1. The van der Waals surface area contributed by atoms with Gasteiger partial charge in [-0.05, 0) is 69.1 Å². The molecular weight excluding hydrogens is 458 g/mol. The van der Waals surface area contributed by atoms with E-state index in [2.05, 4.69) is 60.4 Å². The number of nitrogens with zero attached hydrogens (tertiary/aromatic N) is 3. The number of halogens is 1. The van der Waals surface area contributed by atoms with Crippen LogP contribution in [0.3, 0.4) is 0 Å². The first kappa shape index (κ1) is 25.5. The molecule has 2 aromatic carbocycles. The van der Waals surface area contributed by atoms with E-state index in [4.69, 9.17) is 0 Å². The molecule has 2 aliphatic heterocycles. The van der Waals surface area contributed by atoms with Crippen molar-refractivity contribution >= 4 is 36.0 Å². The highest BCUT2D eigenvalue weighted by atomic mass is 35.5. The van der Waals surface area contributed by atoms with Crippen LogP contribution in [-0.2, 0) is 15.0 Å². The zero-order valence-electron chi connectivity index (χ0n) is 20.8. The molecule has 0 bridgehead atoms. The van der Waals surface area contributed by atoms with Gasteiger partial charge in [0, 0.05) is 37.7 Å². The lowest BCUT2D eigenvalue weighted by atomic mass is 9.74. The van der Waals surface area contributed by atoms with Crippen molar-refractivity contribution in [3.8, 4) is 0 Å². The van der Waals surface area contributed by atoms with Gasteiger partial charge in [-0.15, -0.1) is 12.4 Å². The Hall–Kier alpha value is -2.63. The molecule has 2 heterocycles. The Morgan fingerprint density at radius 3 is 2.49 bits per heavy atom. The second-order valence-electron chi connectivity index (χ2n) is 10.3. The van der Waals surface area contributed by atoms with Crippen LogP contribution in [0.4, 0.5) is 5.69 Å². The van der Waals surface area contributed by atoms with E-state index >= 15 is 0 Å². The third-order valence-electron chi connectivity index (χ3n) is 7.99. The summed E-state index contributed by atoms with van der Waals surface area (Å²) < 4.78 is 0. The van der Waals surface area contributed by atoms with Crippen LogP contribution in [0.25, 0.3) is 6.08 Å². The fourth-order valence-corrected chi connectivity index (χ4v) is 5.84. The number of benzene rings is 2. The van der Waals surface area contributed by atoms with Gasteiger partial charge < -0.3 is 14.7 Å². The van der Waals surface area contributed by atoms with Crippen LogP contribution in [0.15, 0.2) is 54.6 Å². The van der Waals surface area contributed by atoms with Crippen LogP contribution in [0.2, 0.25) is 0 Å². The van der Waals surface area contributed by atoms with Gasteiger partial charge in [-0.1, -0.05) is 54.1 Å². The number of aryl methyl sites for hydroxylation is 1. The highest BCUT2D eigenvalue weighted by Gasteiger charge is 2.38. The summed E-state index contributed by atoms with van der Waals surface area (Å²) in [5, 5.41) is 0.